The zero-order valence-corrected chi connectivity index (χ0v) is 24.4. The molecule has 40 heavy (non-hydrogen) atoms. The summed E-state index contributed by atoms with van der Waals surface area (Å²) >= 11 is 0. The number of carbonyl (C=O) groups is 3. The Morgan fingerprint density at radius 3 is 2.23 bits per heavy atom. The zero-order valence-electron chi connectivity index (χ0n) is 24.4. The van der Waals surface area contributed by atoms with Crippen LogP contribution in [-0.2, 0) is 20.4 Å². The molecule has 1 aromatic carbocycles. The van der Waals surface area contributed by atoms with Crippen molar-refractivity contribution in [2.45, 2.75) is 110 Å². The Morgan fingerprint density at radius 2 is 1.62 bits per heavy atom. The van der Waals surface area contributed by atoms with Gasteiger partial charge in [-0.05, 0) is 66.2 Å². The van der Waals surface area contributed by atoms with Gasteiger partial charge in [-0.2, -0.15) is 13.2 Å². The molecule has 1 aliphatic heterocycles. The van der Waals surface area contributed by atoms with Crippen LogP contribution in [0, 0.1) is 0 Å². The van der Waals surface area contributed by atoms with E-state index in [2.05, 4.69) is 17.8 Å². The Kier molecular flexibility index (Phi) is 10.9. The Morgan fingerprint density at radius 1 is 1.00 bits per heavy atom. The molecule has 1 heterocycles. The molecule has 2 N–H and O–H groups in total. The number of hydrazine groups is 1. The van der Waals surface area contributed by atoms with Crippen LogP contribution in [0.5, 0.6) is 5.75 Å². The predicted molar refractivity (Wildman–Crippen MR) is 142 cm³/mol. The number of unbranched alkanes of at least 4 members (excludes halogenated alkanes) is 5. The fourth-order valence-corrected chi connectivity index (χ4v) is 4.34. The second-order valence-electron chi connectivity index (χ2n) is 11.6. The topological polar surface area (TPSA) is 106 Å². The Hall–Kier alpha value is -3.02. The molecule has 0 aliphatic carbocycles. The van der Waals surface area contributed by atoms with Crippen molar-refractivity contribution >= 4 is 17.9 Å². The third-order valence-corrected chi connectivity index (χ3v) is 6.40. The largest absolute Gasteiger partial charge is 0.493 e. The molecule has 0 saturated carbocycles. The van der Waals surface area contributed by atoms with E-state index in [1.54, 1.807) is 34.6 Å². The van der Waals surface area contributed by atoms with Crippen LogP contribution in [0.25, 0.3) is 0 Å². The highest BCUT2D eigenvalue weighted by atomic mass is 19.4. The number of rotatable bonds is 10. The number of hydrogen-bond acceptors (Lipinski definition) is 6. The van der Waals surface area contributed by atoms with Crippen LogP contribution >= 0.6 is 0 Å². The molecule has 0 radical (unpaired) electrons. The Balaban J connectivity index is 2.09. The van der Waals surface area contributed by atoms with Crippen molar-refractivity contribution in [1.29, 1.82) is 0 Å². The number of benzene rings is 1. The molecule has 1 aromatic rings. The molecule has 0 spiro atoms. The van der Waals surface area contributed by atoms with Gasteiger partial charge in [-0.3, -0.25) is 25.3 Å². The maximum atomic E-state index is 13.7. The van der Waals surface area contributed by atoms with Gasteiger partial charge in [-0.1, -0.05) is 39.0 Å². The fourth-order valence-electron chi connectivity index (χ4n) is 4.34. The van der Waals surface area contributed by atoms with Crippen molar-refractivity contribution in [2.75, 3.05) is 13.2 Å². The van der Waals surface area contributed by atoms with E-state index in [1.165, 1.54) is 13.0 Å². The van der Waals surface area contributed by atoms with Crippen molar-refractivity contribution < 1.29 is 41.8 Å². The molecule has 1 atom stereocenters. The highest BCUT2D eigenvalue weighted by molar-refractivity contribution is 5.97. The number of carbonyl (C=O) groups excluding carboxylic acids is 3. The minimum atomic E-state index is -4.76. The molecule has 1 fully saturated rings. The van der Waals surface area contributed by atoms with E-state index < -0.39 is 46.5 Å². The van der Waals surface area contributed by atoms with Gasteiger partial charge in [-0.15, -0.1) is 0 Å². The molecule has 1 aliphatic rings. The first-order chi connectivity index (χ1) is 18.4. The van der Waals surface area contributed by atoms with Crippen molar-refractivity contribution in [3.63, 3.8) is 0 Å². The van der Waals surface area contributed by atoms with Crippen LogP contribution in [0.1, 0.15) is 103 Å². The van der Waals surface area contributed by atoms with Crippen LogP contribution < -0.4 is 15.6 Å². The average molecular weight is 574 g/mol. The van der Waals surface area contributed by atoms with E-state index in [-0.39, 0.29) is 24.5 Å². The van der Waals surface area contributed by atoms with Crippen LogP contribution in [0.15, 0.2) is 18.2 Å². The van der Waals surface area contributed by atoms with Gasteiger partial charge in [0.2, 0.25) is 0 Å². The van der Waals surface area contributed by atoms with Crippen molar-refractivity contribution in [3.05, 3.63) is 29.3 Å². The highest BCUT2D eigenvalue weighted by Gasteiger charge is 2.57. The SMILES string of the molecule is CCCCCCCCOc1ccc(C(=O)NNC(=O)C2(C)COC(C)(C)N2C(=O)OC(C)(C)C)cc1C(F)(F)F. The van der Waals surface area contributed by atoms with Gasteiger partial charge in [0.05, 0.1) is 18.8 Å². The molecular weight excluding hydrogens is 531 g/mol. The number of halogens is 3. The first-order valence-electron chi connectivity index (χ1n) is 13.5. The summed E-state index contributed by atoms with van der Waals surface area (Å²) in [5.41, 5.74) is -0.721. The Bertz CT molecular complexity index is 1050. The third kappa shape index (κ3) is 8.74. The summed E-state index contributed by atoms with van der Waals surface area (Å²) in [6.07, 6.45) is 0.208. The van der Waals surface area contributed by atoms with E-state index in [4.69, 9.17) is 14.2 Å². The van der Waals surface area contributed by atoms with Gasteiger partial charge in [0.1, 0.15) is 22.6 Å². The van der Waals surface area contributed by atoms with E-state index in [0.717, 1.165) is 43.1 Å². The van der Waals surface area contributed by atoms with Gasteiger partial charge in [-0.25, -0.2) is 4.79 Å². The summed E-state index contributed by atoms with van der Waals surface area (Å²) in [6, 6.07) is 2.95. The first kappa shape index (κ1) is 33.2. The van der Waals surface area contributed by atoms with Gasteiger partial charge in [0.25, 0.3) is 11.8 Å². The summed E-state index contributed by atoms with van der Waals surface area (Å²) in [5, 5.41) is 0. The molecule has 226 valence electrons. The van der Waals surface area contributed by atoms with E-state index in [0.29, 0.717) is 12.5 Å². The molecule has 2 rings (SSSR count). The number of nitrogens with one attached hydrogen (secondary N) is 2. The lowest BCUT2D eigenvalue weighted by atomic mass is 10.0. The van der Waals surface area contributed by atoms with Crippen LogP contribution in [0.3, 0.4) is 0 Å². The lowest BCUT2D eigenvalue weighted by molar-refractivity contribution is -0.139. The maximum absolute atomic E-state index is 13.7. The second kappa shape index (κ2) is 13.1. The number of hydrogen-bond donors (Lipinski definition) is 2. The van der Waals surface area contributed by atoms with Gasteiger partial charge in [0, 0.05) is 5.56 Å². The fraction of sp³-hybridized carbons (Fsp3) is 0.679. The summed E-state index contributed by atoms with van der Waals surface area (Å²) < 4.78 is 57.7. The number of alkyl halides is 3. The monoisotopic (exact) mass is 573 g/mol. The minimum Gasteiger partial charge on any atom is -0.493 e. The first-order valence-corrected chi connectivity index (χ1v) is 13.5. The second-order valence-corrected chi connectivity index (χ2v) is 11.6. The van der Waals surface area contributed by atoms with Crippen molar-refractivity contribution in [3.8, 4) is 5.75 Å². The lowest BCUT2D eigenvalue weighted by Gasteiger charge is -2.39. The van der Waals surface area contributed by atoms with Crippen LogP contribution in [-0.4, -0.2) is 52.9 Å². The van der Waals surface area contributed by atoms with E-state index >= 15 is 0 Å². The smallest absolute Gasteiger partial charge is 0.419 e. The molecule has 1 saturated heterocycles. The molecule has 1 unspecified atom stereocenters. The van der Waals surface area contributed by atoms with Crippen molar-refractivity contribution in [2.24, 2.45) is 0 Å². The minimum absolute atomic E-state index is 0.127. The third-order valence-electron chi connectivity index (χ3n) is 6.40. The maximum Gasteiger partial charge on any atom is 0.419 e. The van der Waals surface area contributed by atoms with Gasteiger partial charge in [0.15, 0.2) is 0 Å². The normalized spacial score (nSPS) is 18.8. The standard InChI is InChI=1S/C28H42F3N3O6/c1-8-9-10-11-12-13-16-38-21-15-14-19(17-20(21)28(29,30)31)22(35)32-33-23(36)27(7)18-39-26(5,6)34(27)24(37)40-25(2,3)4/h14-15,17H,8-13,16,18H2,1-7H3,(H,32,35)(H,33,36). The van der Waals surface area contributed by atoms with E-state index in [1.807, 2.05) is 0 Å². The summed E-state index contributed by atoms with van der Waals surface area (Å²) in [7, 11) is 0. The van der Waals surface area contributed by atoms with Gasteiger partial charge < -0.3 is 14.2 Å². The predicted octanol–water partition coefficient (Wildman–Crippen LogP) is 5.97. The number of nitrogens with zero attached hydrogens (tertiary/aromatic N) is 1. The molecule has 0 bridgehead atoms. The molecule has 12 heteroatoms. The quantitative estimate of drug-likeness (QED) is 0.264. The van der Waals surface area contributed by atoms with Crippen LogP contribution in [0.4, 0.5) is 18.0 Å². The number of amides is 3. The molecule has 9 nitrogen and oxygen atoms in total. The summed E-state index contributed by atoms with van der Waals surface area (Å²) in [6.45, 7) is 11.7. The van der Waals surface area contributed by atoms with Crippen molar-refractivity contribution in [1.82, 2.24) is 15.8 Å². The number of ether oxygens (including phenoxy) is 3. The Labute approximate surface area is 234 Å². The zero-order chi connectivity index (χ0) is 30.4. The molecule has 3 amide bonds. The average Bonchev–Trinajstić information content (AvgIpc) is 3.09. The lowest BCUT2D eigenvalue weighted by Crippen LogP contribution is -2.63. The summed E-state index contributed by atoms with van der Waals surface area (Å²) in [5.74, 6) is -2.16. The van der Waals surface area contributed by atoms with Crippen LogP contribution in [0.2, 0.25) is 0 Å². The van der Waals surface area contributed by atoms with E-state index in [9.17, 15) is 27.6 Å². The molecule has 0 aromatic heterocycles. The highest BCUT2D eigenvalue weighted by Crippen LogP contribution is 2.38. The van der Waals surface area contributed by atoms with Gasteiger partial charge >= 0.3 is 12.3 Å². The molecular formula is C28H42F3N3O6. The summed E-state index contributed by atoms with van der Waals surface area (Å²) in [4.78, 5) is 39.9.